The summed E-state index contributed by atoms with van der Waals surface area (Å²) < 4.78 is 1.99. The molecule has 0 spiro atoms. The average Bonchev–Trinajstić information content (AvgIpc) is 2.92. The average molecular weight is 436 g/mol. The number of rotatable bonds is 1. The van der Waals surface area contributed by atoms with Crippen molar-refractivity contribution in [3.63, 3.8) is 0 Å². The molecule has 0 fully saturated rings. The lowest BCUT2D eigenvalue weighted by molar-refractivity contribution is 0.0704. The van der Waals surface area contributed by atoms with E-state index in [0.29, 0.717) is 4.88 Å². The maximum atomic E-state index is 11.6. The van der Waals surface area contributed by atoms with Crippen LogP contribution in [-0.4, -0.2) is 11.1 Å². The van der Waals surface area contributed by atoms with E-state index in [1.165, 1.54) is 11.3 Å². The lowest BCUT2D eigenvalue weighted by Crippen LogP contribution is -1.93. The van der Waals surface area contributed by atoms with Crippen molar-refractivity contribution in [3.05, 3.63) is 55.6 Å². The summed E-state index contributed by atoms with van der Waals surface area (Å²) in [6.45, 7) is 0. The van der Waals surface area contributed by atoms with Gasteiger partial charge in [-0.25, -0.2) is 4.79 Å². The summed E-state index contributed by atoms with van der Waals surface area (Å²) in [7, 11) is 0. The third-order valence-electron chi connectivity index (χ3n) is 3.80. The minimum atomic E-state index is -0.874. The number of fused-ring (bicyclic) bond motifs is 6. The Hall–Kier alpha value is -1.43. The molecule has 0 aliphatic heterocycles. The highest BCUT2D eigenvalue weighted by molar-refractivity contribution is 9.10. The van der Waals surface area contributed by atoms with E-state index in [4.69, 9.17) is 0 Å². The molecule has 0 saturated carbocycles. The Labute approximate surface area is 146 Å². The Morgan fingerprint density at radius 3 is 2.09 bits per heavy atom. The number of carboxylic acid groups (broad SMARTS) is 1. The second kappa shape index (κ2) is 5.05. The van der Waals surface area contributed by atoms with Crippen molar-refractivity contribution in [2.24, 2.45) is 0 Å². The van der Waals surface area contributed by atoms with Gasteiger partial charge in [0.15, 0.2) is 0 Å². The van der Waals surface area contributed by atoms with Crippen LogP contribution in [0.15, 0.2) is 50.7 Å². The van der Waals surface area contributed by atoms with E-state index < -0.39 is 5.97 Å². The molecule has 1 aromatic heterocycles. The molecule has 0 saturated heterocycles. The van der Waals surface area contributed by atoms with Crippen LogP contribution in [-0.2, 0) is 0 Å². The maximum Gasteiger partial charge on any atom is 0.346 e. The molecule has 5 heteroatoms. The molecule has 0 radical (unpaired) electrons. The van der Waals surface area contributed by atoms with Crippen LogP contribution in [0.2, 0.25) is 0 Å². The molecule has 0 unspecified atom stereocenters. The van der Waals surface area contributed by atoms with Gasteiger partial charge in [-0.2, -0.15) is 0 Å². The normalized spacial score (nSPS) is 11.5. The lowest BCUT2D eigenvalue weighted by atomic mass is 9.96. The zero-order valence-corrected chi connectivity index (χ0v) is 15.0. The summed E-state index contributed by atoms with van der Waals surface area (Å²) in [4.78, 5) is 12.0. The van der Waals surface area contributed by atoms with Crippen LogP contribution in [0.3, 0.4) is 0 Å². The van der Waals surface area contributed by atoms with Gasteiger partial charge in [0.25, 0.3) is 0 Å². The summed E-state index contributed by atoms with van der Waals surface area (Å²) in [5.41, 5.74) is 0. The fourth-order valence-electron chi connectivity index (χ4n) is 2.91. The first-order valence-corrected chi connectivity index (χ1v) is 8.98. The molecular weight excluding hydrogens is 428 g/mol. The third-order valence-corrected chi connectivity index (χ3v) is 5.75. The molecule has 0 aliphatic carbocycles. The molecule has 0 bridgehead atoms. The molecule has 108 valence electrons. The van der Waals surface area contributed by atoms with E-state index in [2.05, 4.69) is 37.9 Å². The Bertz CT molecular complexity index is 1080. The first-order valence-electron chi connectivity index (χ1n) is 6.51. The largest absolute Gasteiger partial charge is 0.477 e. The van der Waals surface area contributed by atoms with E-state index in [1.54, 1.807) is 0 Å². The van der Waals surface area contributed by atoms with Crippen LogP contribution >= 0.6 is 43.2 Å². The van der Waals surface area contributed by atoms with Gasteiger partial charge in [0.2, 0.25) is 0 Å². The van der Waals surface area contributed by atoms with Crippen LogP contribution in [0.4, 0.5) is 0 Å². The zero-order valence-electron chi connectivity index (χ0n) is 11.1. The Morgan fingerprint density at radius 2 is 1.45 bits per heavy atom. The maximum absolute atomic E-state index is 11.6. The SMILES string of the molecule is O=C(O)c1scc2c3ccc(Br)cc3c3cc(Br)ccc3c12. The molecule has 4 aromatic rings. The Balaban J connectivity index is 2.38. The molecule has 22 heavy (non-hydrogen) atoms. The van der Waals surface area contributed by atoms with E-state index in [9.17, 15) is 9.90 Å². The number of halogens is 2. The highest BCUT2D eigenvalue weighted by Crippen LogP contribution is 2.41. The monoisotopic (exact) mass is 434 g/mol. The molecule has 0 atom stereocenters. The number of hydrogen-bond acceptors (Lipinski definition) is 2. The summed E-state index contributed by atoms with van der Waals surface area (Å²) in [6, 6.07) is 12.1. The summed E-state index contributed by atoms with van der Waals surface area (Å²) in [5.74, 6) is -0.874. The van der Waals surface area contributed by atoms with Gasteiger partial charge in [-0.3, -0.25) is 0 Å². The highest BCUT2D eigenvalue weighted by Gasteiger charge is 2.17. The van der Waals surface area contributed by atoms with E-state index in [0.717, 1.165) is 41.3 Å². The van der Waals surface area contributed by atoms with Crippen molar-refractivity contribution in [1.82, 2.24) is 0 Å². The number of carbonyl (C=O) groups is 1. The molecule has 3 aromatic carbocycles. The standard InChI is InChI=1S/C17H8Br2O2S/c18-8-1-3-10-12(5-8)13-6-9(19)2-4-11(13)15-14(10)7-22-16(15)17(20)21/h1-7H,(H,20,21). The third kappa shape index (κ3) is 2.00. The topological polar surface area (TPSA) is 37.3 Å². The molecule has 1 heterocycles. The fraction of sp³-hybridized carbons (Fsp3) is 0. The predicted molar refractivity (Wildman–Crippen MR) is 99.2 cm³/mol. The van der Waals surface area contributed by atoms with Gasteiger partial charge in [0.05, 0.1) is 0 Å². The quantitative estimate of drug-likeness (QED) is 0.349. The van der Waals surface area contributed by atoms with E-state index >= 15 is 0 Å². The first-order chi connectivity index (χ1) is 10.6. The Kier molecular flexibility index (Phi) is 3.25. The van der Waals surface area contributed by atoms with E-state index in [-0.39, 0.29) is 0 Å². The highest BCUT2D eigenvalue weighted by atomic mass is 79.9. The molecule has 0 amide bonds. The number of thiophene rings is 1. The molecule has 0 aliphatic rings. The molecular formula is C17H8Br2O2S. The zero-order chi connectivity index (χ0) is 15.4. The van der Waals surface area contributed by atoms with Crippen molar-refractivity contribution in [2.75, 3.05) is 0 Å². The van der Waals surface area contributed by atoms with Gasteiger partial charge >= 0.3 is 5.97 Å². The van der Waals surface area contributed by atoms with Crippen LogP contribution in [0.5, 0.6) is 0 Å². The smallest absolute Gasteiger partial charge is 0.346 e. The minimum Gasteiger partial charge on any atom is -0.477 e. The molecule has 1 N–H and O–H groups in total. The van der Waals surface area contributed by atoms with Crippen molar-refractivity contribution < 1.29 is 9.90 Å². The lowest BCUT2D eigenvalue weighted by Gasteiger charge is -2.09. The van der Waals surface area contributed by atoms with Crippen molar-refractivity contribution in [1.29, 1.82) is 0 Å². The second-order valence-electron chi connectivity index (χ2n) is 5.04. The number of benzene rings is 3. The molecule has 4 rings (SSSR count). The van der Waals surface area contributed by atoms with Gasteiger partial charge in [-0.1, -0.05) is 44.0 Å². The van der Waals surface area contributed by atoms with Crippen molar-refractivity contribution in [2.45, 2.75) is 0 Å². The summed E-state index contributed by atoms with van der Waals surface area (Å²) in [5, 5.41) is 17.5. The van der Waals surface area contributed by atoms with Gasteiger partial charge < -0.3 is 5.11 Å². The minimum absolute atomic E-state index is 0.396. The van der Waals surface area contributed by atoms with Gasteiger partial charge in [0.1, 0.15) is 4.88 Å². The predicted octanol–water partition coefficient (Wildman–Crippen LogP) is 6.43. The molecule has 2 nitrogen and oxygen atoms in total. The number of carboxylic acids is 1. The number of aromatic carboxylic acids is 1. The fourth-order valence-corrected chi connectivity index (χ4v) is 4.55. The van der Waals surface area contributed by atoms with Gasteiger partial charge in [-0.15, -0.1) is 11.3 Å². The van der Waals surface area contributed by atoms with Gasteiger partial charge in [-0.05, 0) is 45.8 Å². The van der Waals surface area contributed by atoms with Crippen molar-refractivity contribution in [3.8, 4) is 0 Å². The van der Waals surface area contributed by atoms with E-state index in [1.807, 2.05) is 35.7 Å². The van der Waals surface area contributed by atoms with Crippen LogP contribution in [0.1, 0.15) is 9.67 Å². The van der Waals surface area contributed by atoms with Gasteiger partial charge in [0, 0.05) is 25.1 Å². The first kappa shape index (κ1) is 14.2. The Morgan fingerprint density at radius 1 is 0.864 bits per heavy atom. The second-order valence-corrected chi connectivity index (χ2v) is 7.75. The van der Waals surface area contributed by atoms with Crippen LogP contribution in [0.25, 0.3) is 32.3 Å². The van der Waals surface area contributed by atoms with Crippen molar-refractivity contribution >= 4 is 81.5 Å². The van der Waals surface area contributed by atoms with Crippen LogP contribution in [0, 0.1) is 0 Å². The van der Waals surface area contributed by atoms with Crippen LogP contribution < -0.4 is 0 Å². The summed E-state index contributed by atoms with van der Waals surface area (Å²) >= 11 is 8.33. The summed E-state index contributed by atoms with van der Waals surface area (Å²) in [6.07, 6.45) is 0. The number of hydrogen-bond donors (Lipinski definition) is 1.